The molecule has 1 aromatic heterocycles. The molecule has 5 heteroatoms. The molecule has 0 aliphatic carbocycles. The summed E-state index contributed by atoms with van der Waals surface area (Å²) in [6.07, 6.45) is 0.250. The third kappa shape index (κ3) is 3.46. The van der Waals surface area contributed by atoms with E-state index in [-0.39, 0.29) is 17.9 Å². The zero-order valence-corrected chi connectivity index (χ0v) is 13.6. The summed E-state index contributed by atoms with van der Waals surface area (Å²) in [4.78, 5) is 26.6. The molecule has 2 aromatic carbocycles. The highest BCUT2D eigenvalue weighted by molar-refractivity contribution is 5.95. The number of methoxy groups -OCH3 is 1. The Morgan fingerprint density at radius 1 is 1.17 bits per heavy atom. The largest absolute Gasteiger partial charge is 0.497 e. The second kappa shape index (κ2) is 6.58. The second-order valence-corrected chi connectivity index (χ2v) is 5.65. The summed E-state index contributed by atoms with van der Waals surface area (Å²) in [5.41, 5.74) is 2.98. The van der Waals surface area contributed by atoms with E-state index in [0.717, 1.165) is 22.3 Å². The fourth-order valence-corrected chi connectivity index (χ4v) is 2.69. The maximum absolute atomic E-state index is 12.2. The quantitative estimate of drug-likeness (QED) is 0.775. The molecule has 122 valence electrons. The molecule has 24 heavy (non-hydrogen) atoms. The summed E-state index contributed by atoms with van der Waals surface area (Å²) in [5, 5.41) is 3.82. The van der Waals surface area contributed by atoms with Crippen molar-refractivity contribution in [3.05, 3.63) is 70.0 Å². The standard InChI is InChI=1S/C19H18N2O3/c1-12-8-18(22)21-17-11-14(6-7-16(12)17)20-19(23)10-13-4-3-5-15(9-13)24-2/h3-9,11H,10H2,1-2H3,(H,20,23)(H,21,22). The highest BCUT2D eigenvalue weighted by Crippen LogP contribution is 2.19. The Hall–Kier alpha value is -3.08. The molecule has 0 saturated carbocycles. The van der Waals surface area contributed by atoms with E-state index in [1.165, 1.54) is 0 Å². The molecule has 0 unspecified atom stereocenters. The Balaban J connectivity index is 1.78. The van der Waals surface area contributed by atoms with Crippen LogP contribution in [0.3, 0.4) is 0 Å². The van der Waals surface area contributed by atoms with E-state index in [2.05, 4.69) is 10.3 Å². The molecule has 0 aliphatic rings. The van der Waals surface area contributed by atoms with Crippen molar-refractivity contribution in [2.75, 3.05) is 12.4 Å². The maximum Gasteiger partial charge on any atom is 0.248 e. The number of aryl methyl sites for hydroxylation is 1. The Bertz CT molecular complexity index is 960. The predicted octanol–water partition coefficient (Wildman–Crippen LogP) is 3.03. The molecule has 0 spiro atoms. The summed E-state index contributed by atoms with van der Waals surface area (Å²) < 4.78 is 5.16. The van der Waals surface area contributed by atoms with Crippen molar-refractivity contribution < 1.29 is 9.53 Å². The van der Waals surface area contributed by atoms with Gasteiger partial charge in [0, 0.05) is 17.1 Å². The van der Waals surface area contributed by atoms with Crippen LogP contribution in [0.15, 0.2) is 53.3 Å². The highest BCUT2D eigenvalue weighted by atomic mass is 16.5. The first kappa shape index (κ1) is 15.8. The molecule has 3 aromatic rings. The van der Waals surface area contributed by atoms with Gasteiger partial charge in [-0.3, -0.25) is 9.59 Å². The van der Waals surface area contributed by atoms with Crippen LogP contribution in [0.1, 0.15) is 11.1 Å². The number of rotatable bonds is 4. The van der Waals surface area contributed by atoms with E-state index >= 15 is 0 Å². The summed E-state index contributed by atoms with van der Waals surface area (Å²) in [5.74, 6) is 0.594. The number of carbonyl (C=O) groups excluding carboxylic acids is 1. The minimum Gasteiger partial charge on any atom is -0.497 e. The van der Waals surface area contributed by atoms with Crippen LogP contribution in [0.25, 0.3) is 10.9 Å². The van der Waals surface area contributed by atoms with Gasteiger partial charge in [0.1, 0.15) is 5.75 Å². The average Bonchev–Trinajstić information content (AvgIpc) is 2.54. The first-order chi connectivity index (χ1) is 11.5. The van der Waals surface area contributed by atoms with Gasteiger partial charge >= 0.3 is 0 Å². The number of aromatic amines is 1. The van der Waals surface area contributed by atoms with E-state index in [9.17, 15) is 9.59 Å². The Labute approximate surface area is 139 Å². The van der Waals surface area contributed by atoms with Gasteiger partial charge in [0.25, 0.3) is 0 Å². The third-order valence-corrected chi connectivity index (χ3v) is 3.83. The van der Waals surface area contributed by atoms with Gasteiger partial charge in [-0.1, -0.05) is 18.2 Å². The van der Waals surface area contributed by atoms with E-state index < -0.39 is 0 Å². The highest BCUT2D eigenvalue weighted by Gasteiger charge is 2.07. The van der Waals surface area contributed by atoms with E-state index in [4.69, 9.17) is 4.74 Å². The number of hydrogen-bond acceptors (Lipinski definition) is 3. The molecular weight excluding hydrogens is 304 g/mol. The lowest BCUT2D eigenvalue weighted by atomic mass is 10.1. The smallest absolute Gasteiger partial charge is 0.248 e. The van der Waals surface area contributed by atoms with Gasteiger partial charge in [0.15, 0.2) is 0 Å². The lowest BCUT2D eigenvalue weighted by Gasteiger charge is -2.08. The summed E-state index contributed by atoms with van der Waals surface area (Å²) >= 11 is 0. The Kier molecular flexibility index (Phi) is 4.33. The number of amides is 1. The van der Waals surface area contributed by atoms with Crippen molar-refractivity contribution in [3.8, 4) is 5.75 Å². The molecule has 0 atom stereocenters. The molecule has 1 heterocycles. The Morgan fingerprint density at radius 2 is 2.00 bits per heavy atom. The zero-order valence-electron chi connectivity index (χ0n) is 13.6. The monoisotopic (exact) mass is 322 g/mol. The van der Waals surface area contributed by atoms with Crippen molar-refractivity contribution in [2.45, 2.75) is 13.3 Å². The van der Waals surface area contributed by atoms with Crippen LogP contribution in [-0.4, -0.2) is 18.0 Å². The SMILES string of the molecule is COc1cccc(CC(=O)Nc2ccc3c(C)cc(=O)[nH]c3c2)c1. The van der Waals surface area contributed by atoms with Crippen molar-refractivity contribution in [2.24, 2.45) is 0 Å². The lowest BCUT2D eigenvalue weighted by Crippen LogP contribution is -2.14. The molecule has 5 nitrogen and oxygen atoms in total. The van der Waals surface area contributed by atoms with Crippen LogP contribution in [0.4, 0.5) is 5.69 Å². The van der Waals surface area contributed by atoms with Crippen LogP contribution in [0.2, 0.25) is 0 Å². The van der Waals surface area contributed by atoms with Gasteiger partial charge in [-0.25, -0.2) is 0 Å². The van der Waals surface area contributed by atoms with E-state index in [0.29, 0.717) is 11.2 Å². The van der Waals surface area contributed by atoms with E-state index in [1.807, 2.05) is 43.3 Å². The number of carbonyl (C=O) groups is 1. The summed E-state index contributed by atoms with van der Waals surface area (Å²) in [6, 6.07) is 14.5. The zero-order chi connectivity index (χ0) is 17.1. The fourth-order valence-electron chi connectivity index (χ4n) is 2.69. The van der Waals surface area contributed by atoms with Gasteiger partial charge in [-0.2, -0.15) is 0 Å². The first-order valence-electron chi connectivity index (χ1n) is 7.61. The molecule has 1 amide bonds. The molecule has 0 fully saturated rings. The van der Waals surface area contributed by atoms with Crippen molar-refractivity contribution in [3.63, 3.8) is 0 Å². The molecule has 0 radical (unpaired) electrons. The van der Waals surface area contributed by atoms with Crippen molar-refractivity contribution in [1.82, 2.24) is 4.98 Å². The minimum absolute atomic E-state index is 0.127. The normalized spacial score (nSPS) is 10.6. The summed E-state index contributed by atoms with van der Waals surface area (Å²) in [7, 11) is 1.59. The van der Waals surface area contributed by atoms with Crippen LogP contribution in [0.5, 0.6) is 5.75 Å². The van der Waals surface area contributed by atoms with Crippen molar-refractivity contribution >= 4 is 22.5 Å². The Morgan fingerprint density at radius 3 is 2.79 bits per heavy atom. The van der Waals surface area contributed by atoms with Gasteiger partial charge < -0.3 is 15.0 Å². The van der Waals surface area contributed by atoms with Crippen LogP contribution in [-0.2, 0) is 11.2 Å². The van der Waals surface area contributed by atoms with Gasteiger partial charge in [-0.15, -0.1) is 0 Å². The molecule has 0 bridgehead atoms. The minimum atomic E-state index is -0.153. The number of aromatic nitrogens is 1. The molecule has 0 saturated heterocycles. The van der Waals surface area contributed by atoms with Gasteiger partial charge in [-0.05, 0) is 42.3 Å². The topological polar surface area (TPSA) is 71.2 Å². The summed E-state index contributed by atoms with van der Waals surface area (Å²) in [6.45, 7) is 1.89. The van der Waals surface area contributed by atoms with Gasteiger partial charge in [0.2, 0.25) is 11.5 Å². The average molecular weight is 322 g/mol. The number of ether oxygens (including phenoxy) is 1. The van der Waals surface area contributed by atoms with Crippen LogP contribution >= 0.6 is 0 Å². The maximum atomic E-state index is 12.2. The number of pyridine rings is 1. The van der Waals surface area contributed by atoms with Crippen molar-refractivity contribution in [1.29, 1.82) is 0 Å². The van der Waals surface area contributed by atoms with Crippen LogP contribution < -0.4 is 15.6 Å². The number of benzene rings is 2. The van der Waals surface area contributed by atoms with Crippen LogP contribution in [0, 0.1) is 6.92 Å². The number of nitrogens with one attached hydrogen (secondary N) is 2. The number of anilines is 1. The molecular formula is C19H18N2O3. The third-order valence-electron chi connectivity index (χ3n) is 3.83. The molecule has 2 N–H and O–H groups in total. The molecule has 0 aliphatic heterocycles. The number of H-pyrrole nitrogens is 1. The van der Waals surface area contributed by atoms with Gasteiger partial charge in [0.05, 0.1) is 19.0 Å². The number of hydrogen-bond donors (Lipinski definition) is 2. The predicted molar refractivity (Wildman–Crippen MR) is 94.6 cm³/mol. The van der Waals surface area contributed by atoms with E-state index in [1.54, 1.807) is 19.2 Å². The fraction of sp³-hybridized carbons (Fsp3) is 0.158. The molecule has 3 rings (SSSR count). The lowest BCUT2D eigenvalue weighted by molar-refractivity contribution is -0.115. The number of fused-ring (bicyclic) bond motifs is 1. The first-order valence-corrected chi connectivity index (χ1v) is 7.61. The second-order valence-electron chi connectivity index (χ2n) is 5.65.